The predicted octanol–water partition coefficient (Wildman–Crippen LogP) is 4.86. The van der Waals surface area contributed by atoms with E-state index in [2.05, 4.69) is 31.3 Å². The topological polar surface area (TPSA) is 12.0 Å². The molecule has 106 valence electrons. The van der Waals surface area contributed by atoms with Crippen LogP contribution in [0.15, 0.2) is 42.5 Å². The second-order valence-corrected chi connectivity index (χ2v) is 5.22. The molecule has 2 rings (SSSR count). The van der Waals surface area contributed by atoms with Gasteiger partial charge in [-0.3, -0.25) is 0 Å². The molecule has 2 heteroatoms. The summed E-state index contributed by atoms with van der Waals surface area (Å²) in [5, 5.41) is 3.50. The van der Waals surface area contributed by atoms with Crippen LogP contribution in [0.4, 0.5) is 4.39 Å². The van der Waals surface area contributed by atoms with Crippen molar-refractivity contribution in [3.63, 3.8) is 0 Å². The Hall–Kier alpha value is -1.67. The molecule has 2 aromatic rings. The third-order valence-corrected chi connectivity index (χ3v) is 3.62. The minimum Gasteiger partial charge on any atom is -0.310 e. The van der Waals surface area contributed by atoms with Crippen LogP contribution in [0.2, 0.25) is 0 Å². The largest absolute Gasteiger partial charge is 0.310 e. The van der Waals surface area contributed by atoms with E-state index in [0.29, 0.717) is 0 Å². The lowest BCUT2D eigenvalue weighted by Gasteiger charge is -2.19. The molecule has 1 nitrogen and oxygen atoms in total. The second kappa shape index (κ2) is 6.67. The Balaban J connectivity index is 2.44. The number of hydrogen-bond acceptors (Lipinski definition) is 1. The molecule has 0 aromatic heterocycles. The fourth-order valence-electron chi connectivity index (χ4n) is 2.48. The number of aryl methyl sites for hydroxylation is 1. The predicted molar refractivity (Wildman–Crippen MR) is 83.3 cm³/mol. The van der Waals surface area contributed by atoms with Gasteiger partial charge in [-0.2, -0.15) is 0 Å². The Labute approximate surface area is 120 Å². The summed E-state index contributed by atoms with van der Waals surface area (Å²) < 4.78 is 13.6. The maximum absolute atomic E-state index is 13.6. The molecule has 0 bridgehead atoms. The minimum absolute atomic E-state index is 0.186. The van der Waals surface area contributed by atoms with E-state index in [0.717, 1.165) is 29.7 Å². The van der Waals surface area contributed by atoms with Crippen LogP contribution in [0.1, 0.15) is 37.4 Å². The van der Waals surface area contributed by atoms with E-state index in [-0.39, 0.29) is 11.9 Å². The molecule has 0 saturated carbocycles. The van der Waals surface area contributed by atoms with E-state index >= 15 is 0 Å². The first-order valence-corrected chi connectivity index (χ1v) is 7.22. The summed E-state index contributed by atoms with van der Waals surface area (Å²) in [5.74, 6) is -0.186. The van der Waals surface area contributed by atoms with E-state index in [1.807, 2.05) is 25.1 Å². The van der Waals surface area contributed by atoms with Gasteiger partial charge >= 0.3 is 0 Å². The fraction of sp³-hybridized carbons (Fsp3) is 0.333. The first-order valence-electron chi connectivity index (χ1n) is 7.22. The average molecular weight is 271 g/mol. The van der Waals surface area contributed by atoms with Gasteiger partial charge in [0.1, 0.15) is 5.82 Å². The fourth-order valence-corrected chi connectivity index (χ4v) is 2.48. The molecule has 0 aliphatic heterocycles. The minimum atomic E-state index is -0.186. The Morgan fingerprint density at radius 3 is 2.60 bits per heavy atom. The number of rotatable bonds is 5. The number of hydrogen-bond donors (Lipinski definition) is 1. The lowest BCUT2D eigenvalue weighted by atomic mass is 9.93. The molecule has 0 spiro atoms. The highest BCUT2D eigenvalue weighted by Crippen LogP contribution is 2.31. The first-order chi connectivity index (χ1) is 9.63. The smallest absolute Gasteiger partial charge is 0.123 e. The zero-order valence-corrected chi connectivity index (χ0v) is 12.4. The summed E-state index contributed by atoms with van der Waals surface area (Å²) >= 11 is 0. The van der Waals surface area contributed by atoms with Gasteiger partial charge in [0.05, 0.1) is 0 Å². The van der Waals surface area contributed by atoms with Crippen LogP contribution < -0.4 is 5.32 Å². The quantitative estimate of drug-likeness (QED) is 0.818. The molecule has 1 N–H and O–H groups in total. The zero-order valence-electron chi connectivity index (χ0n) is 12.4. The van der Waals surface area contributed by atoms with Crippen molar-refractivity contribution in [1.29, 1.82) is 0 Å². The van der Waals surface area contributed by atoms with Crippen molar-refractivity contribution in [1.82, 2.24) is 5.32 Å². The van der Waals surface area contributed by atoms with Crippen LogP contribution in [0.25, 0.3) is 11.1 Å². The molecule has 0 aliphatic carbocycles. The van der Waals surface area contributed by atoms with Gasteiger partial charge in [0, 0.05) is 6.04 Å². The Bertz CT molecular complexity index is 577. The van der Waals surface area contributed by atoms with Crippen LogP contribution in [0.5, 0.6) is 0 Å². The molecule has 0 saturated heterocycles. The molecule has 0 amide bonds. The van der Waals surface area contributed by atoms with Crippen molar-refractivity contribution in [2.45, 2.75) is 33.2 Å². The molecule has 20 heavy (non-hydrogen) atoms. The Kier molecular flexibility index (Phi) is 4.91. The van der Waals surface area contributed by atoms with Crippen LogP contribution in [-0.4, -0.2) is 6.54 Å². The molecule has 0 fully saturated rings. The van der Waals surface area contributed by atoms with Crippen molar-refractivity contribution in [3.8, 4) is 11.1 Å². The van der Waals surface area contributed by atoms with Gasteiger partial charge in [0.15, 0.2) is 0 Å². The van der Waals surface area contributed by atoms with Crippen molar-refractivity contribution in [3.05, 3.63) is 59.4 Å². The van der Waals surface area contributed by atoms with Crippen molar-refractivity contribution < 1.29 is 4.39 Å². The number of halogens is 1. The summed E-state index contributed by atoms with van der Waals surface area (Å²) in [6.45, 7) is 7.32. The van der Waals surface area contributed by atoms with Gasteiger partial charge in [-0.05, 0) is 61.2 Å². The molecular formula is C18H22FN. The average Bonchev–Trinajstić information content (AvgIpc) is 2.47. The molecule has 0 radical (unpaired) electrons. The van der Waals surface area contributed by atoms with Crippen molar-refractivity contribution in [2.24, 2.45) is 0 Å². The van der Waals surface area contributed by atoms with Crippen molar-refractivity contribution in [2.75, 3.05) is 6.54 Å². The third-order valence-electron chi connectivity index (χ3n) is 3.62. The van der Waals surface area contributed by atoms with Gasteiger partial charge < -0.3 is 5.32 Å². The molecule has 2 aromatic carbocycles. The lowest BCUT2D eigenvalue weighted by Crippen LogP contribution is -2.19. The third kappa shape index (κ3) is 3.26. The van der Waals surface area contributed by atoms with Gasteiger partial charge in [0.25, 0.3) is 0 Å². The maximum atomic E-state index is 13.6. The zero-order chi connectivity index (χ0) is 14.5. The highest BCUT2D eigenvalue weighted by Gasteiger charge is 2.12. The summed E-state index contributed by atoms with van der Waals surface area (Å²) in [6.07, 6.45) is 1.10. The van der Waals surface area contributed by atoms with Gasteiger partial charge in [0.2, 0.25) is 0 Å². The SMILES string of the molecule is CCCNC(C)c1ccccc1-c1cc(F)ccc1C. The lowest BCUT2D eigenvalue weighted by molar-refractivity contribution is 0.571. The normalized spacial score (nSPS) is 12.4. The van der Waals surface area contributed by atoms with E-state index in [4.69, 9.17) is 0 Å². The maximum Gasteiger partial charge on any atom is 0.123 e. The van der Waals surface area contributed by atoms with Crippen LogP contribution >= 0.6 is 0 Å². The van der Waals surface area contributed by atoms with Crippen LogP contribution in [0, 0.1) is 12.7 Å². The molecule has 1 unspecified atom stereocenters. The Morgan fingerprint density at radius 2 is 1.85 bits per heavy atom. The summed E-state index contributed by atoms with van der Waals surface area (Å²) in [6, 6.07) is 13.5. The van der Waals surface area contributed by atoms with Crippen LogP contribution in [-0.2, 0) is 0 Å². The second-order valence-electron chi connectivity index (χ2n) is 5.22. The van der Waals surface area contributed by atoms with Gasteiger partial charge in [-0.25, -0.2) is 4.39 Å². The van der Waals surface area contributed by atoms with Gasteiger partial charge in [-0.15, -0.1) is 0 Å². The first kappa shape index (κ1) is 14.7. The Morgan fingerprint density at radius 1 is 1.10 bits per heavy atom. The van der Waals surface area contributed by atoms with Gasteiger partial charge in [-0.1, -0.05) is 37.3 Å². The van der Waals surface area contributed by atoms with E-state index in [1.165, 1.54) is 11.6 Å². The summed E-state index contributed by atoms with van der Waals surface area (Å²) in [4.78, 5) is 0. The van der Waals surface area contributed by atoms with E-state index < -0.39 is 0 Å². The summed E-state index contributed by atoms with van der Waals surface area (Å²) in [7, 11) is 0. The summed E-state index contributed by atoms with van der Waals surface area (Å²) in [5.41, 5.74) is 4.41. The van der Waals surface area contributed by atoms with Crippen molar-refractivity contribution >= 4 is 0 Å². The highest BCUT2D eigenvalue weighted by molar-refractivity contribution is 5.71. The molecule has 0 heterocycles. The van der Waals surface area contributed by atoms with E-state index in [1.54, 1.807) is 6.07 Å². The number of benzene rings is 2. The molecule has 0 aliphatic rings. The standard InChI is InChI=1S/C18H22FN/c1-4-11-20-14(3)16-7-5-6-8-17(16)18-12-15(19)10-9-13(18)2/h5-10,12,14,20H,4,11H2,1-3H3. The number of nitrogens with one attached hydrogen (secondary N) is 1. The monoisotopic (exact) mass is 271 g/mol. The highest BCUT2D eigenvalue weighted by atomic mass is 19.1. The molecule has 1 atom stereocenters. The van der Waals surface area contributed by atoms with E-state index in [9.17, 15) is 4.39 Å². The molecular weight excluding hydrogens is 249 g/mol. The van der Waals surface area contributed by atoms with Crippen LogP contribution in [0.3, 0.4) is 0 Å².